The number of sulfonamides is 1. The molecule has 0 saturated carbocycles. The van der Waals surface area contributed by atoms with Crippen LogP contribution in [0.25, 0.3) is 0 Å². The van der Waals surface area contributed by atoms with Gasteiger partial charge in [0.05, 0.1) is 15.6 Å². The van der Waals surface area contributed by atoms with Crippen molar-refractivity contribution >= 4 is 33.1 Å². The van der Waals surface area contributed by atoms with Gasteiger partial charge in [-0.15, -0.1) is 0 Å². The van der Waals surface area contributed by atoms with Crippen LogP contribution in [0.15, 0.2) is 68.9 Å². The highest BCUT2D eigenvalue weighted by Crippen LogP contribution is 2.26. The van der Waals surface area contributed by atoms with Crippen molar-refractivity contribution in [2.75, 3.05) is 0 Å². The molecule has 0 spiro atoms. The molecule has 0 fully saturated rings. The van der Waals surface area contributed by atoms with Gasteiger partial charge in [0.2, 0.25) is 5.78 Å². The Kier molecular flexibility index (Phi) is 4.62. The number of carbonyl (C=O) groups is 1. The van der Waals surface area contributed by atoms with E-state index >= 15 is 0 Å². The number of hydrogen-bond acceptors (Lipinski definition) is 3. The van der Waals surface area contributed by atoms with E-state index in [1.54, 1.807) is 48.5 Å². The van der Waals surface area contributed by atoms with Crippen LogP contribution in [0.3, 0.4) is 0 Å². The predicted molar refractivity (Wildman–Crippen MR) is 99.0 cm³/mol. The van der Waals surface area contributed by atoms with Crippen molar-refractivity contribution in [1.29, 1.82) is 0 Å². The third-order valence-electron chi connectivity index (χ3n) is 3.99. The largest absolute Gasteiger partial charge is 0.288 e. The van der Waals surface area contributed by atoms with Crippen LogP contribution in [0.5, 0.6) is 0 Å². The van der Waals surface area contributed by atoms with E-state index in [0.29, 0.717) is 17.0 Å². The molecule has 0 radical (unpaired) electrons. The minimum absolute atomic E-state index is 0.0530. The summed E-state index contributed by atoms with van der Waals surface area (Å²) in [6, 6.07) is 13.3. The summed E-state index contributed by atoms with van der Waals surface area (Å²) >= 11 is 5.96. The molecule has 4 nitrogen and oxygen atoms in total. The molecular weight excluding hydrogens is 358 g/mol. The molecule has 0 atom stereocenters. The van der Waals surface area contributed by atoms with E-state index in [1.165, 1.54) is 6.08 Å². The first-order valence-corrected chi connectivity index (χ1v) is 9.57. The van der Waals surface area contributed by atoms with Crippen LogP contribution in [-0.2, 0) is 10.0 Å². The standard InChI is InChI=1S/C19H16ClNO3S/c1-12(2)13-7-9-14(10-8-13)25(23,24)21-18-11-17(20)19(22)16-6-4-3-5-15(16)18/h3-12H,1-2H3/b21-18+. The van der Waals surface area contributed by atoms with Gasteiger partial charge in [0.25, 0.3) is 10.0 Å². The van der Waals surface area contributed by atoms with Crippen molar-refractivity contribution in [1.82, 2.24) is 0 Å². The Hall–Kier alpha value is -2.24. The van der Waals surface area contributed by atoms with Gasteiger partial charge in [-0.05, 0) is 29.7 Å². The minimum Gasteiger partial charge on any atom is -0.288 e. The molecule has 1 aliphatic carbocycles. The number of Topliss-reactive ketones (excluding diaryl/α,β-unsaturated/α-hetero) is 1. The van der Waals surface area contributed by atoms with Gasteiger partial charge < -0.3 is 0 Å². The predicted octanol–water partition coefficient (Wildman–Crippen LogP) is 4.31. The van der Waals surface area contributed by atoms with Gasteiger partial charge in [-0.25, -0.2) is 0 Å². The molecule has 0 saturated heterocycles. The summed E-state index contributed by atoms with van der Waals surface area (Å²) in [6.45, 7) is 4.07. The molecule has 0 aromatic heterocycles. The maximum atomic E-state index is 12.6. The lowest BCUT2D eigenvalue weighted by Gasteiger charge is -2.14. The zero-order valence-corrected chi connectivity index (χ0v) is 15.3. The van der Waals surface area contributed by atoms with Crippen molar-refractivity contribution in [3.05, 3.63) is 76.3 Å². The van der Waals surface area contributed by atoms with Gasteiger partial charge in [0, 0.05) is 11.1 Å². The second-order valence-electron chi connectivity index (χ2n) is 6.04. The Balaban J connectivity index is 2.08. The highest BCUT2D eigenvalue weighted by Gasteiger charge is 2.25. The van der Waals surface area contributed by atoms with E-state index in [1.807, 2.05) is 13.8 Å². The van der Waals surface area contributed by atoms with Crippen molar-refractivity contribution in [2.24, 2.45) is 4.40 Å². The van der Waals surface area contributed by atoms with Gasteiger partial charge in [-0.1, -0.05) is 61.8 Å². The number of nitrogens with zero attached hydrogens (tertiary/aromatic N) is 1. The van der Waals surface area contributed by atoms with E-state index < -0.39 is 10.0 Å². The fraction of sp³-hybridized carbons (Fsp3) is 0.158. The molecule has 0 N–H and O–H groups in total. The summed E-state index contributed by atoms with van der Waals surface area (Å²) in [5, 5.41) is -0.0530. The van der Waals surface area contributed by atoms with Crippen molar-refractivity contribution < 1.29 is 13.2 Å². The molecule has 2 aromatic carbocycles. The minimum atomic E-state index is -3.91. The Bertz CT molecular complexity index is 1000. The van der Waals surface area contributed by atoms with Gasteiger partial charge in [-0.3, -0.25) is 4.79 Å². The molecule has 128 valence electrons. The van der Waals surface area contributed by atoms with E-state index in [2.05, 4.69) is 4.40 Å². The average molecular weight is 374 g/mol. The number of allylic oxidation sites excluding steroid dienone is 2. The normalized spacial score (nSPS) is 16.1. The lowest BCUT2D eigenvalue weighted by molar-refractivity contribution is 0.104. The second-order valence-corrected chi connectivity index (χ2v) is 8.05. The summed E-state index contributed by atoms with van der Waals surface area (Å²) in [4.78, 5) is 12.2. The fourth-order valence-corrected chi connectivity index (χ4v) is 3.78. The monoisotopic (exact) mass is 373 g/mol. The first kappa shape index (κ1) is 17.6. The lowest BCUT2D eigenvalue weighted by Crippen LogP contribution is -2.16. The van der Waals surface area contributed by atoms with Crippen molar-refractivity contribution in [3.8, 4) is 0 Å². The van der Waals surface area contributed by atoms with Crippen LogP contribution in [0.4, 0.5) is 0 Å². The van der Waals surface area contributed by atoms with Crippen LogP contribution in [0.1, 0.15) is 41.3 Å². The zero-order valence-electron chi connectivity index (χ0n) is 13.7. The summed E-state index contributed by atoms with van der Waals surface area (Å²) in [5.74, 6) is -0.0315. The van der Waals surface area contributed by atoms with Crippen LogP contribution < -0.4 is 0 Å². The van der Waals surface area contributed by atoms with Crippen molar-refractivity contribution in [2.45, 2.75) is 24.7 Å². The number of benzene rings is 2. The zero-order chi connectivity index (χ0) is 18.2. The van der Waals surface area contributed by atoms with Crippen LogP contribution in [0, 0.1) is 0 Å². The molecule has 3 rings (SSSR count). The molecule has 0 aliphatic heterocycles. The molecular formula is C19H16ClNO3S. The van der Waals surface area contributed by atoms with Gasteiger partial charge in [0.15, 0.2) is 0 Å². The lowest BCUT2D eigenvalue weighted by atomic mass is 9.94. The number of fused-ring (bicyclic) bond motifs is 1. The quantitative estimate of drug-likeness (QED) is 0.805. The van der Waals surface area contributed by atoms with E-state index in [4.69, 9.17) is 11.6 Å². The summed E-state index contributed by atoms with van der Waals surface area (Å²) in [6.07, 6.45) is 1.30. The summed E-state index contributed by atoms with van der Waals surface area (Å²) in [5.41, 5.74) is 2.01. The van der Waals surface area contributed by atoms with Crippen LogP contribution in [0.2, 0.25) is 0 Å². The van der Waals surface area contributed by atoms with Gasteiger partial charge >= 0.3 is 0 Å². The maximum absolute atomic E-state index is 12.6. The Morgan fingerprint density at radius 3 is 2.16 bits per heavy atom. The second kappa shape index (κ2) is 6.58. The average Bonchev–Trinajstić information content (AvgIpc) is 2.59. The molecule has 1 aliphatic rings. The Labute approximate surface area is 151 Å². The van der Waals surface area contributed by atoms with Crippen LogP contribution >= 0.6 is 11.6 Å². The topological polar surface area (TPSA) is 63.6 Å². The number of halogens is 1. The highest BCUT2D eigenvalue weighted by molar-refractivity contribution is 7.90. The number of rotatable bonds is 3. The molecule has 0 heterocycles. The van der Waals surface area contributed by atoms with Gasteiger partial charge in [-0.2, -0.15) is 12.8 Å². The number of carbonyl (C=O) groups excluding carboxylic acids is 1. The SMILES string of the molecule is CC(C)c1ccc(S(=O)(=O)/N=C2\C=C(Cl)C(=O)c3ccccc32)cc1. The first-order valence-electron chi connectivity index (χ1n) is 7.76. The Morgan fingerprint density at radius 1 is 0.960 bits per heavy atom. The molecule has 6 heteroatoms. The molecule has 2 aromatic rings. The Morgan fingerprint density at radius 2 is 1.56 bits per heavy atom. The molecule has 0 amide bonds. The van der Waals surface area contributed by atoms with E-state index in [9.17, 15) is 13.2 Å². The van der Waals surface area contributed by atoms with Crippen molar-refractivity contribution in [3.63, 3.8) is 0 Å². The summed E-state index contributed by atoms with van der Waals surface area (Å²) < 4.78 is 29.2. The molecule has 0 bridgehead atoms. The third-order valence-corrected chi connectivity index (χ3v) is 5.58. The number of hydrogen-bond donors (Lipinski definition) is 0. The molecule has 0 unspecified atom stereocenters. The van der Waals surface area contributed by atoms with Gasteiger partial charge in [0.1, 0.15) is 0 Å². The van der Waals surface area contributed by atoms with E-state index in [-0.39, 0.29) is 21.4 Å². The first-order chi connectivity index (χ1) is 11.8. The van der Waals surface area contributed by atoms with E-state index in [0.717, 1.165) is 5.56 Å². The fourth-order valence-electron chi connectivity index (χ4n) is 2.58. The maximum Gasteiger partial charge on any atom is 0.282 e. The molecule has 25 heavy (non-hydrogen) atoms. The highest BCUT2D eigenvalue weighted by atomic mass is 35.5. The summed E-state index contributed by atoms with van der Waals surface area (Å²) in [7, 11) is -3.91. The van der Waals surface area contributed by atoms with Crippen LogP contribution in [-0.4, -0.2) is 19.9 Å². The number of ketones is 1. The third kappa shape index (κ3) is 3.43. The smallest absolute Gasteiger partial charge is 0.282 e.